The summed E-state index contributed by atoms with van der Waals surface area (Å²) in [6.45, 7) is 3.52. The number of nitrogens with zero attached hydrogens (tertiary/aromatic N) is 1. The lowest BCUT2D eigenvalue weighted by molar-refractivity contribution is -0.123. The van der Waals surface area contributed by atoms with Crippen molar-refractivity contribution in [1.29, 1.82) is 0 Å². The molecule has 4 rings (SSSR count). The highest BCUT2D eigenvalue weighted by molar-refractivity contribution is 7.13. The Balaban J connectivity index is 1.47. The van der Waals surface area contributed by atoms with Crippen LogP contribution in [0.1, 0.15) is 51.2 Å². The van der Waals surface area contributed by atoms with E-state index >= 15 is 0 Å². The molecule has 5 nitrogen and oxygen atoms in total. The van der Waals surface area contributed by atoms with Crippen LogP contribution in [-0.2, 0) is 4.79 Å². The van der Waals surface area contributed by atoms with Gasteiger partial charge in [0, 0.05) is 5.92 Å². The van der Waals surface area contributed by atoms with Crippen molar-refractivity contribution < 1.29 is 14.7 Å². The van der Waals surface area contributed by atoms with Crippen molar-refractivity contribution in [1.82, 2.24) is 10.3 Å². The number of benzene rings is 2. The molecular formula is C21H20N2O3S. The van der Waals surface area contributed by atoms with Crippen LogP contribution >= 0.6 is 11.3 Å². The van der Waals surface area contributed by atoms with Gasteiger partial charge in [0.1, 0.15) is 9.88 Å². The van der Waals surface area contributed by atoms with Crippen molar-refractivity contribution in [3.05, 3.63) is 63.6 Å². The molecule has 2 aromatic carbocycles. The largest absolute Gasteiger partial charge is 0.477 e. The number of aromatic carboxylic acids is 1. The van der Waals surface area contributed by atoms with Crippen LogP contribution in [0.2, 0.25) is 0 Å². The van der Waals surface area contributed by atoms with E-state index in [0.29, 0.717) is 10.7 Å². The smallest absolute Gasteiger partial charge is 0.347 e. The van der Waals surface area contributed by atoms with Crippen LogP contribution < -0.4 is 5.32 Å². The molecule has 1 amide bonds. The summed E-state index contributed by atoms with van der Waals surface area (Å²) >= 11 is 1.12. The van der Waals surface area contributed by atoms with Crippen LogP contribution in [0.3, 0.4) is 0 Å². The number of carbonyl (C=O) groups is 2. The van der Waals surface area contributed by atoms with Crippen LogP contribution in [0, 0.1) is 12.8 Å². The molecule has 0 spiro atoms. The van der Waals surface area contributed by atoms with E-state index in [1.807, 2.05) is 25.1 Å². The fraction of sp³-hybridized carbons (Fsp3) is 0.286. The highest BCUT2D eigenvalue weighted by atomic mass is 32.1. The van der Waals surface area contributed by atoms with Gasteiger partial charge in [-0.05, 0) is 42.5 Å². The fourth-order valence-electron chi connectivity index (χ4n) is 3.59. The minimum atomic E-state index is -0.979. The van der Waals surface area contributed by atoms with Gasteiger partial charge in [0.25, 0.3) is 0 Å². The predicted molar refractivity (Wildman–Crippen MR) is 105 cm³/mol. The van der Waals surface area contributed by atoms with Gasteiger partial charge < -0.3 is 10.4 Å². The van der Waals surface area contributed by atoms with Crippen molar-refractivity contribution >= 4 is 34.0 Å². The van der Waals surface area contributed by atoms with Gasteiger partial charge in [-0.3, -0.25) is 4.79 Å². The number of hydrogen-bond donors (Lipinski definition) is 2. The zero-order chi connectivity index (χ0) is 19.1. The van der Waals surface area contributed by atoms with Gasteiger partial charge in [-0.2, -0.15) is 0 Å². The molecule has 0 bridgehead atoms. The molecule has 3 unspecified atom stereocenters. The Bertz CT molecular complexity index is 1040. The van der Waals surface area contributed by atoms with Gasteiger partial charge in [0.15, 0.2) is 0 Å². The number of nitrogens with one attached hydrogen (secondary N) is 1. The van der Waals surface area contributed by atoms with E-state index in [-0.39, 0.29) is 28.7 Å². The molecule has 0 radical (unpaired) electrons. The van der Waals surface area contributed by atoms with E-state index < -0.39 is 5.97 Å². The van der Waals surface area contributed by atoms with Crippen LogP contribution in [-0.4, -0.2) is 22.0 Å². The lowest BCUT2D eigenvalue weighted by atomic mass is 10.00. The number of aryl methyl sites for hydroxylation is 1. The van der Waals surface area contributed by atoms with Gasteiger partial charge >= 0.3 is 5.97 Å². The van der Waals surface area contributed by atoms with Crippen molar-refractivity contribution in [2.45, 2.75) is 32.2 Å². The third kappa shape index (κ3) is 3.32. The van der Waals surface area contributed by atoms with Gasteiger partial charge in [-0.15, -0.1) is 11.3 Å². The van der Waals surface area contributed by atoms with Gasteiger partial charge in [0.05, 0.1) is 11.7 Å². The van der Waals surface area contributed by atoms with E-state index in [9.17, 15) is 14.7 Å². The summed E-state index contributed by atoms with van der Waals surface area (Å²) in [4.78, 5) is 28.4. The minimum Gasteiger partial charge on any atom is -0.477 e. The van der Waals surface area contributed by atoms with Gasteiger partial charge in [-0.25, -0.2) is 9.78 Å². The Morgan fingerprint density at radius 2 is 1.96 bits per heavy atom. The van der Waals surface area contributed by atoms with E-state index in [1.165, 1.54) is 16.3 Å². The molecule has 3 atom stereocenters. The molecule has 27 heavy (non-hydrogen) atoms. The summed E-state index contributed by atoms with van der Waals surface area (Å²) in [5, 5.41) is 15.2. The number of hydrogen-bond acceptors (Lipinski definition) is 4. The Kier molecular flexibility index (Phi) is 4.44. The first-order valence-electron chi connectivity index (χ1n) is 8.94. The quantitative estimate of drug-likeness (QED) is 0.692. The molecule has 1 aliphatic carbocycles. The molecule has 3 aromatic rings. The van der Waals surface area contributed by atoms with Crippen molar-refractivity contribution in [3.63, 3.8) is 0 Å². The molecule has 0 saturated heterocycles. The fourth-order valence-corrected chi connectivity index (χ4v) is 4.49. The highest BCUT2D eigenvalue weighted by Crippen LogP contribution is 2.49. The molecule has 138 valence electrons. The van der Waals surface area contributed by atoms with Crippen LogP contribution in [0.5, 0.6) is 0 Å². The molecule has 1 heterocycles. The van der Waals surface area contributed by atoms with E-state index in [0.717, 1.165) is 17.8 Å². The SMILES string of the molecule is Cc1nc(C(C)NC(=O)C2CC2c2cccc3ccccc23)sc1C(=O)O. The van der Waals surface area contributed by atoms with Gasteiger partial charge in [0.2, 0.25) is 5.91 Å². The Labute approximate surface area is 161 Å². The molecule has 1 fully saturated rings. The molecule has 0 aliphatic heterocycles. The summed E-state index contributed by atoms with van der Waals surface area (Å²) in [6.07, 6.45) is 0.837. The minimum absolute atomic E-state index is 0.00478. The number of aromatic nitrogens is 1. The molecular weight excluding hydrogens is 360 g/mol. The number of thiazole rings is 1. The molecule has 1 saturated carbocycles. The Hall–Kier alpha value is -2.73. The summed E-state index contributed by atoms with van der Waals surface area (Å²) < 4.78 is 0. The summed E-state index contributed by atoms with van der Waals surface area (Å²) in [5.74, 6) is -0.785. The second-order valence-electron chi connectivity index (χ2n) is 7.02. The molecule has 2 N–H and O–H groups in total. The topological polar surface area (TPSA) is 79.3 Å². The number of carboxylic acids is 1. The summed E-state index contributed by atoms with van der Waals surface area (Å²) in [7, 11) is 0. The maximum Gasteiger partial charge on any atom is 0.347 e. The predicted octanol–water partition coefficient (Wildman–Crippen LogP) is 4.28. The second-order valence-corrected chi connectivity index (χ2v) is 8.05. The monoisotopic (exact) mass is 380 g/mol. The third-order valence-corrected chi connectivity index (χ3v) is 6.41. The standard InChI is InChI=1S/C21H20N2O3S/c1-11-18(21(25)26)27-20(23-11)12(2)22-19(24)17-10-16(17)15-9-5-7-13-6-3-4-8-14(13)15/h3-9,12,16-17H,10H2,1-2H3,(H,22,24)(H,25,26). The second kappa shape index (κ2) is 6.78. The average molecular weight is 380 g/mol. The maximum absolute atomic E-state index is 12.7. The molecule has 1 aromatic heterocycles. The average Bonchev–Trinajstić information content (AvgIpc) is 3.35. The highest BCUT2D eigenvalue weighted by Gasteiger charge is 2.45. The maximum atomic E-state index is 12.7. The number of carboxylic acid groups (broad SMARTS) is 1. The Morgan fingerprint density at radius 3 is 2.70 bits per heavy atom. The number of carbonyl (C=O) groups excluding carboxylic acids is 1. The van der Waals surface area contributed by atoms with Gasteiger partial charge in [-0.1, -0.05) is 42.5 Å². The molecule has 6 heteroatoms. The summed E-state index contributed by atoms with van der Waals surface area (Å²) in [6, 6.07) is 14.2. The van der Waals surface area contributed by atoms with E-state index in [4.69, 9.17) is 0 Å². The first-order chi connectivity index (χ1) is 13.0. The summed E-state index contributed by atoms with van der Waals surface area (Å²) in [5.41, 5.74) is 1.71. The first kappa shape index (κ1) is 17.7. The van der Waals surface area contributed by atoms with Crippen molar-refractivity contribution in [2.24, 2.45) is 5.92 Å². The van der Waals surface area contributed by atoms with Crippen molar-refractivity contribution in [3.8, 4) is 0 Å². The zero-order valence-electron chi connectivity index (χ0n) is 15.1. The Morgan fingerprint density at radius 1 is 1.22 bits per heavy atom. The first-order valence-corrected chi connectivity index (χ1v) is 9.76. The van der Waals surface area contributed by atoms with Crippen LogP contribution in [0.4, 0.5) is 0 Å². The van der Waals surface area contributed by atoms with Crippen molar-refractivity contribution in [2.75, 3.05) is 0 Å². The lowest BCUT2D eigenvalue weighted by Gasteiger charge is -2.11. The zero-order valence-corrected chi connectivity index (χ0v) is 15.9. The number of fused-ring (bicyclic) bond motifs is 1. The normalized spacial score (nSPS) is 19.6. The van der Waals surface area contributed by atoms with E-state index in [1.54, 1.807) is 6.92 Å². The lowest BCUT2D eigenvalue weighted by Crippen LogP contribution is -2.28. The number of rotatable bonds is 5. The van der Waals surface area contributed by atoms with Crippen LogP contribution in [0.15, 0.2) is 42.5 Å². The third-order valence-electron chi connectivity index (χ3n) is 5.09. The van der Waals surface area contributed by atoms with E-state index in [2.05, 4.69) is 34.6 Å². The number of amides is 1. The van der Waals surface area contributed by atoms with Crippen LogP contribution in [0.25, 0.3) is 10.8 Å². The molecule has 1 aliphatic rings.